The van der Waals surface area contributed by atoms with Gasteiger partial charge >= 0.3 is 0 Å². The molecular formula is C12H21N3O3S. The Morgan fingerprint density at radius 2 is 2.16 bits per heavy atom. The van der Waals surface area contributed by atoms with Crippen molar-refractivity contribution >= 4 is 10.0 Å². The molecule has 19 heavy (non-hydrogen) atoms. The fourth-order valence-electron chi connectivity index (χ4n) is 2.23. The monoisotopic (exact) mass is 287 g/mol. The SMILES string of the molecule is NCc1cc(S(=O)(=O)NCCOC2CCCC2)c[nH]1. The van der Waals surface area contributed by atoms with Crippen LogP contribution in [0.15, 0.2) is 17.2 Å². The molecular weight excluding hydrogens is 266 g/mol. The van der Waals surface area contributed by atoms with E-state index in [1.807, 2.05) is 0 Å². The summed E-state index contributed by atoms with van der Waals surface area (Å²) in [6.07, 6.45) is 6.35. The molecule has 1 aromatic heterocycles. The Hall–Kier alpha value is -0.890. The van der Waals surface area contributed by atoms with Crippen LogP contribution in [0.4, 0.5) is 0 Å². The lowest BCUT2D eigenvalue weighted by Gasteiger charge is -2.11. The first-order chi connectivity index (χ1) is 9.12. The average Bonchev–Trinajstić information content (AvgIpc) is 3.05. The number of hydrogen-bond acceptors (Lipinski definition) is 4. The van der Waals surface area contributed by atoms with E-state index in [1.54, 1.807) is 6.07 Å². The molecule has 0 spiro atoms. The third-order valence-electron chi connectivity index (χ3n) is 3.30. The predicted octanol–water partition coefficient (Wildman–Crippen LogP) is 0.711. The van der Waals surface area contributed by atoms with Gasteiger partial charge in [-0.1, -0.05) is 12.8 Å². The van der Waals surface area contributed by atoms with Crippen LogP contribution in [0.2, 0.25) is 0 Å². The molecule has 1 aliphatic carbocycles. The average molecular weight is 287 g/mol. The van der Waals surface area contributed by atoms with E-state index in [4.69, 9.17) is 10.5 Å². The molecule has 0 unspecified atom stereocenters. The van der Waals surface area contributed by atoms with Crippen molar-refractivity contribution in [3.05, 3.63) is 18.0 Å². The molecule has 2 rings (SSSR count). The highest BCUT2D eigenvalue weighted by atomic mass is 32.2. The van der Waals surface area contributed by atoms with Crippen LogP contribution >= 0.6 is 0 Å². The lowest BCUT2D eigenvalue weighted by Crippen LogP contribution is -2.28. The Balaban J connectivity index is 1.77. The zero-order valence-electron chi connectivity index (χ0n) is 10.9. The summed E-state index contributed by atoms with van der Waals surface area (Å²) < 4.78 is 32.0. The lowest BCUT2D eigenvalue weighted by atomic mass is 10.3. The highest BCUT2D eigenvalue weighted by Crippen LogP contribution is 2.20. The summed E-state index contributed by atoms with van der Waals surface area (Å²) in [6.45, 7) is 1.00. The molecule has 0 aliphatic heterocycles. The van der Waals surface area contributed by atoms with Gasteiger partial charge in [-0.05, 0) is 18.9 Å². The van der Waals surface area contributed by atoms with Crippen LogP contribution in [0.5, 0.6) is 0 Å². The molecule has 0 saturated heterocycles. The van der Waals surface area contributed by atoms with E-state index in [-0.39, 0.29) is 4.90 Å². The van der Waals surface area contributed by atoms with Gasteiger partial charge in [-0.25, -0.2) is 13.1 Å². The molecule has 0 radical (unpaired) electrons. The second-order valence-corrected chi connectivity index (χ2v) is 6.51. The molecule has 0 bridgehead atoms. The number of nitrogens with one attached hydrogen (secondary N) is 2. The summed E-state index contributed by atoms with van der Waals surface area (Å²) in [5.74, 6) is 0. The van der Waals surface area contributed by atoms with Gasteiger partial charge in [-0.3, -0.25) is 0 Å². The summed E-state index contributed by atoms with van der Waals surface area (Å²) in [5, 5.41) is 0. The quantitative estimate of drug-likeness (QED) is 0.643. The fraction of sp³-hybridized carbons (Fsp3) is 0.667. The van der Waals surface area contributed by atoms with Gasteiger partial charge in [0, 0.05) is 25.0 Å². The maximum absolute atomic E-state index is 11.9. The molecule has 1 fully saturated rings. The maximum Gasteiger partial charge on any atom is 0.242 e. The van der Waals surface area contributed by atoms with Crippen molar-refractivity contribution in [1.29, 1.82) is 0 Å². The zero-order valence-corrected chi connectivity index (χ0v) is 11.7. The summed E-state index contributed by atoms with van der Waals surface area (Å²) in [7, 11) is -3.46. The van der Waals surface area contributed by atoms with Crippen molar-refractivity contribution in [1.82, 2.24) is 9.71 Å². The highest BCUT2D eigenvalue weighted by Gasteiger charge is 2.17. The number of aromatic amines is 1. The van der Waals surface area contributed by atoms with Gasteiger partial charge < -0.3 is 15.5 Å². The van der Waals surface area contributed by atoms with Gasteiger partial charge in [-0.2, -0.15) is 0 Å². The number of sulfonamides is 1. The third kappa shape index (κ3) is 4.04. The van der Waals surface area contributed by atoms with Crippen LogP contribution in [0.1, 0.15) is 31.4 Å². The first-order valence-electron chi connectivity index (χ1n) is 6.60. The molecule has 1 aliphatic rings. The van der Waals surface area contributed by atoms with Crippen molar-refractivity contribution in [2.75, 3.05) is 13.2 Å². The first kappa shape index (κ1) is 14.5. The molecule has 4 N–H and O–H groups in total. The smallest absolute Gasteiger partial charge is 0.242 e. The van der Waals surface area contributed by atoms with Crippen molar-refractivity contribution in [2.45, 2.75) is 43.2 Å². The second-order valence-electron chi connectivity index (χ2n) is 4.74. The van der Waals surface area contributed by atoms with Crippen LogP contribution in [0.3, 0.4) is 0 Å². The Kier molecular flexibility index (Phi) is 4.98. The normalized spacial score (nSPS) is 17.1. The van der Waals surface area contributed by atoms with Gasteiger partial charge in [0.15, 0.2) is 0 Å². The van der Waals surface area contributed by atoms with E-state index in [1.165, 1.54) is 19.0 Å². The molecule has 7 heteroatoms. The predicted molar refractivity (Wildman–Crippen MR) is 72.1 cm³/mol. The van der Waals surface area contributed by atoms with Crippen LogP contribution < -0.4 is 10.5 Å². The number of H-pyrrole nitrogens is 1. The molecule has 108 valence electrons. The van der Waals surface area contributed by atoms with E-state index in [0.29, 0.717) is 31.5 Å². The number of nitrogens with two attached hydrogens (primary N) is 1. The molecule has 1 saturated carbocycles. The first-order valence-corrected chi connectivity index (χ1v) is 8.09. The van der Waals surface area contributed by atoms with E-state index < -0.39 is 10.0 Å². The molecule has 1 heterocycles. The van der Waals surface area contributed by atoms with Gasteiger partial charge in [0.1, 0.15) is 0 Å². The topological polar surface area (TPSA) is 97.2 Å². The molecule has 1 aromatic rings. The van der Waals surface area contributed by atoms with Gasteiger partial charge in [0.2, 0.25) is 10.0 Å². The minimum atomic E-state index is -3.46. The van der Waals surface area contributed by atoms with Crippen molar-refractivity contribution in [2.24, 2.45) is 5.73 Å². The Bertz CT molecular complexity index is 492. The Labute approximate surface area is 113 Å². The Morgan fingerprint density at radius 1 is 1.42 bits per heavy atom. The zero-order chi connectivity index (χ0) is 13.7. The summed E-state index contributed by atoms with van der Waals surface area (Å²) in [5.41, 5.74) is 6.13. The molecule has 0 aromatic carbocycles. The highest BCUT2D eigenvalue weighted by molar-refractivity contribution is 7.89. The van der Waals surface area contributed by atoms with Crippen LogP contribution in [-0.4, -0.2) is 32.7 Å². The third-order valence-corrected chi connectivity index (χ3v) is 4.74. The van der Waals surface area contributed by atoms with Crippen LogP contribution in [0.25, 0.3) is 0 Å². The number of ether oxygens (including phenoxy) is 1. The van der Waals surface area contributed by atoms with Gasteiger partial charge in [0.25, 0.3) is 0 Å². The van der Waals surface area contributed by atoms with Crippen LogP contribution in [-0.2, 0) is 21.3 Å². The summed E-state index contributed by atoms with van der Waals surface area (Å²) in [6, 6.07) is 1.54. The fourth-order valence-corrected chi connectivity index (χ4v) is 3.26. The number of rotatable bonds is 7. The molecule has 6 nitrogen and oxygen atoms in total. The summed E-state index contributed by atoms with van der Waals surface area (Å²) in [4.78, 5) is 3.04. The van der Waals surface area contributed by atoms with Crippen LogP contribution in [0, 0.1) is 0 Å². The molecule has 0 amide bonds. The Morgan fingerprint density at radius 3 is 2.79 bits per heavy atom. The largest absolute Gasteiger partial charge is 0.377 e. The number of hydrogen-bond donors (Lipinski definition) is 3. The van der Waals surface area contributed by atoms with E-state index in [0.717, 1.165) is 12.8 Å². The van der Waals surface area contributed by atoms with Crippen molar-refractivity contribution in [3.8, 4) is 0 Å². The van der Waals surface area contributed by atoms with Crippen molar-refractivity contribution < 1.29 is 13.2 Å². The van der Waals surface area contributed by atoms with E-state index in [9.17, 15) is 8.42 Å². The minimum absolute atomic E-state index is 0.216. The second kappa shape index (κ2) is 6.51. The van der Waals surface area contributed by atoms with Gasteiger partial charge in [0.05, 0.1) is 17.6 Å². The summed E-state index contributed by atoms with van der Waals surface area (Å²) >= 11 is 0. The van der Waals surface area contributed by atoms with E-state index >= 15 is 0 Å². The lowest BCUT2D eigenvalue weighted by molar-refractivity contribution is 0.0626. The van der Waals surface area contributed by atoms with Gasteiger partial charge in [-0.15, -0.1) is 0 Å². The standard InChI is InChI=1S/C12H21N3O3S/c13-8-10-7-12(9-14-10)19(16,17)15-5-6-18-11-3-1-2-4-11/h7,9,11,14-15H,1-6,8,13H2. The number of aromatic nitrogens is 1. The van der Waals surface area contributed by atoms with Crippen molar-refractivity contribution in [3.63, 3.8) is 0 Å². The minimum Gasteiger partial charge on any atom is -0.377 e. The van der Waals surface area contributed by atoms with E-state index in [2.05, 4.69) is 9.71 Å². The maximum atomic E-state index is 11.9. The molecule has 0 atom stereocenters.